The average Bonchev–Trinajstić information content (AvgIpc) is 3.02. The molecule has 0 saturated heterocycles. The van der Waals surface area contributed by atoms with Crippen LogP contribution in [0.3, 0.4) is 0 Å². The fourth-order valence-corrected chi connectivity index (χ4v) is 4.39. The molecule has 1 unspecified atom stereocenters. The quantitative estimate of drug-likeness (QED) is 0.860. The van der Waals surface area contributed by atoms with Crippen LogP contribution in [0.1, 0.15) is 29.2 Å². The van der Waals surface area contributed by atoms with Crippen molar-refractivity contribution >= 4 is 10.0 Å². The summed E-state index contributed by atoms with van der Waals surface area (Å²) in [6.07, 6.45) is 3.03. The summed E-state index contributed by atoms with van der Waals surface area (Å²) in [5.74, 6) is -0.328. The molecule has 1 atom stereocenters. The number of rotatable bonds is 6. The lowest BCUT2D eigenvalue weighted by atomic mass is 10.1. The van der Waals surface area contributed by atoms with Crippen LogP contribution >= 0.6 is 0 Å². The second-order valence-corrected chi connectivity index (χ2v) is 8.44. The van der Waals surface area contributed by atoms with E-state index >= 15 is 0 Å². The molecule has 0 aromatic heterocycles. The average molecular weight is 362 g/mol. The standard InChI is InChI=1S/C19H23FN2O2S/c1-22(2)19(16-7-4-8-17(20)11-16)13-21-25(23,24)18-10-9-14-5-3-6-15(14)12-18/h4,7-12,19,21H,3,5-6,13H2,1-2H3. The molecule has 0 amide bonds. The summed E-state index contributed by atoms with van der Waals surface area (Å²) in [5.41, 5.74) is 3.10. The molecule has 134 valence electrons. The predicted molar refractivity (Wildman–Crippen MR) is 96.5 cm³/mol. The van der Waals surface area contributed by atoms with Gasteiger partial charge < -0.3 is 4.90 Å². The van der Waals surface area contributed by atoms with Crippen molar-refractivity contribution in [2.24, 2.45) is 0 Å². The summed E-state index contributed by atoms with van der Waals surface area (Å²) in [7, 11) is 0.0940. The molecule has 1 N–H and O–H groups in total. The van der Waals surface area contributed by atoms with Crippen LogP contribution in [0.25, 0.3) is 0 Å². The third-order valence-electron chi connectivity index (χ3n) is 4.70. The summed E-state index contributed by atoms with van der Waals surface area (Å²) in [5, 5.41) is 0. The molecule has 0 radical (unpaired) electrons. The van der Waals surface area contributed by atoms with Crippen molar-refractivity contribution in [2.45, 2.75) is 30.2 Å². The maximum Gasteiger partial charge on any atom is 0.240 e. The number of hydrogen-bond acceptors (Lipinski definition) is 3. The molecule has 0 bridgehead atoms. The monoisotopic (exact) mass is 362 g/mol. The van der Waals surface area contributed by atoms with Crippen LogP contribution in [0.2, 0.25) is 0 Å². The van der Waals surface area contributed by atoms with E-state index < -0.39 is 10.0 Å². The largest absolute Gasteiger partial charge is 0.301 e. The zero-order valence-corrected chi connectivity index (χ0v) is 15.3. The van der Waals surface area contributed by atoms with E-state index in [0.717, 1.165) is 30.4 Å². The van der Waals surface area contributed by atoms with Crippen molar-refractivity contribution in [2.75, 3.05) is 20.6 Å². The Morgan fingerprint density at radius 2 is 1.88 bits per heavy atom. The summed E-state index contributed by atoms with van der Waals surface area (Å²) in [6, 6.07) is 11.4. The van der Waals surface area contributed by atoms with Gasteiger partial charge in [-0.25, -0.2) is 17.5 Å². The van der Waals surface area contributed by atoms with Gasteiger partial charge in [0.05, 0.1) is 4.90 Å². The summed E-state index contributed by atoms with van der Waals surface area (Å²) >= 11 is 0. The smallest absolute Gasteiger partial charge is 0.240 e. The highest BCUT2D eigenvalue weighted by molar-refractivity contribution is 7.89. The van der Waals surface area contributed by atoms with Crippen molar-refractivity contribution in [3.8, 4) is 0 Å². The second-order valence-electron chi connectivity index (χ2n) is 6.67. The van der Waals surface area contributed by atoms with E-state index in [-0.39, 0.29) is 18.4 Å². The zero-order chi connectivity index (χ0) is 18.0. The van der Waals surface area contributed by atoms with Crippen molar-refractivity contribution < 1.29 is 12.8 Å². The van der Waals surface area contributed by atoms with Crippen molar-refractivity contribution in [3.05, 3.63) is 65.0 Å². The normalized spacial score (nSPS) is 15.4. The Morgan fingerprint density at radius 3 is 2.60 bits per heavy atom. The van der Waals surface area contributed by atoms with Gasteiger partial charge in [-0.2, -0.15) is 0 Å². The Balaban J connectivity index is 1.78. The van der Waals surface area contributed by atoms with Crippen LogP contribution in [0.5, 0.6) is 0 Å². The molecular weight excluding hydrogens is 339 g/mol. The fourth-order valence-electron chi connectivity index (χ4n) is 3.30. The van der Waals surface area contributed by atoms with Gasteiger partial charge in [0.25, 0.3) is 0 Å². The van der Waals surface area contributed by atoms with Crippen LogP contribution in [0, 0.1) is 5.82 Å². The number of nitrogens with zero attached hydrogens (tertiary/aromatic N) is 1. The van der Waals surface area contributed by atoms with Crippen LogP contribution in [0.15, 0.2) is 47.4 Å². The van der Waals surface area contributed by atoms with Gasteiger partial charge in [0, 0.05) is 12.6 Å². The topological polar surface area (TPSA) is 49.4 Å². The van der Waals surface area contributed by atoms with E-state index in [9.17, 15) is 12.8 Å². The third kappa shape index (κ3) is 4.08. The summed E-state index contributed by atoms with van der Waals surface area (Å²) in [4.78, 5) is 2.17. The van der Waals surface area contributed by atoms with Crippen LogP contribution in [-0.4, -0.2) is 34.0 Å². The molecule has 0 saturated carbocycles. The first-order valence-corrected chi connectivity index (χ1v) is 9.88. The molecule has 2 aromatic rings. The van der Waals surface area contributed by atoms with Gasteiger partial charge in [-0.3, -0.25) is 0 Å². The number of benzene rings is 2. The molecule has 6 heteroatoms. The van der Waals surface area contributed by atoms with Crippen molar-refractivity contribution in [3.63, 3.8) is 0 Å². The number of likely N-dealkylation sites (N-methyl/N-ethyl adjacent to an activating group) is 1. The minimum atomic E-state index is -3.60. The number of fused-ring (bicyclic) bond motifs is 1. The lowest BCUT2D eigenvalue weighted by molar-refractivity contribution is 0.299. The SMILES string of the molecule is CN(C)C(CNS(=O)(=O)c1ccc2c(c1)CCC2)c1cccc(F)c1. The van der Waals surface area contributed by atoms with E-state index in [1.54, 1.807) is 24.3 Å². The Bertz CT molecular complexity index is 865. The second kappa shape index (κ2) is 7.23. The Morgan fingerprint density at radius 1 is 1.12 bits per heavy atom. The van der Waals surface area contributed by atoms with E-state index in [2.05, 4.69) is 4.72 Å². The van der Waals surface area contributed by atoms with E-state index in [4.69, 9.17) is 0 Å². The number of hydrogen-bond donors (Lipinski definition) is 1. The number of sulfonamides is 1. The predicted octanol–water partition coefficient (Wildman–Crippen LogP) is 2.90. The molecule has 4 nitrogen and oxygen atoms in total. The van der Waals surface area contributed by atoms with E-state index in [1.165, 1.54) is 17.7 Å². The van der Waals surface area contributed by atoms with E-state index in [1.807, 2.05) is 25.1 Å². The molecule has 25 heavy (non-hydrogen) atoms. The van der Waals surface area contributed by atoms with Crippen molar-refractivity contribution in [1.29, 1.82) is 0 Å². The lowest BCUT2D eigenvalue weighted by Crippen LogP contribution is -2.34. The highest BCUT2D eigenvalue weighted by Crippen LogP contribution is 2.25. The first kappa shape index (κ1) is 18.0. The molecule has 0 heterocycles. The third-order valence-corrected chi connectivity index (χ3v) is 6.13. The molecule has 0 fully saturated rings. The fraction of sp³-hybridized carbons (Fsp3) is 0.368. The molecular formula is C19H23FN2O2S. The Hall–Kier alpha value is -1.76. The maximum absolute atomic E-state index is 13.5. The van der Waals surface area contributed by atoms with E-state index in [0.29, 0.717) is 4.90 Å². The van der Waals surface area contributed by atoms with Crippen LogP contribution < -0.4 is 4.72 Å². The van der Waals surface area contributed by atoms with Gasteiger partial charge in [-0.05, 0) is 74.3 Å². The summed E-state index contributed by atoms with van der Waals surface area (Å²) < 4.78 is 41.5. The van der Waals surface area contributed by atoms with Crippen LogP contribution in [0.4, 0.5) is 4.39 Å². The Kier molecular flexibility index (Phi) is 5.22. The highest BCUT2D eigenvalue weighted by atomic mass is 32.2. The van der Waals surface area contributed by atoms with Gasteiger partial charge >= 0.3 is 0 Å². The number of halogens is 1. The van der Waals surface area contributed by atoms with Crippen molar-refractivity contribution in [1.82, 2.24) is 9.62 Å². The molecule has 0 aliphatic heterocycles. The zero-order valence-electron chi connectivity index (χ0n) is 14.5. The first-order chi connectivity index (χ1) is 11.9. The van der Waals surface area contributed by atoms with Gasteiger partial charge in [0.2, 0.25) is 10.0 Å². The van der Waals surface area contributed by atoms with Crippen LogP contribution in [-0.2, 0) is 22.9 Å². The summed E-state index contributed by atoms with van der Waals surface area (Å²) in [6.45, 7) is 0.176. The molecule has 1 aliphatic rings. The lowest BCUT2D eigenvalue weighted by Gasteiger charge is -2.25. The maximum atomic E-state index is 13.5. The number of nitrogens with one attached hydrogen (secondary N) is 1. The van der Waals surface area contributed by atoms with Gasteiger partial charge in [0.15, 0.2) is 0 Å². The van der Waals surface area contributed by atoms with Gasteiger partial charge in [-0.15, -0.1) is 0 Å². The van der Waals surface area contributed by atoms with Gasteiger partial charge in [0.1, 0.15) is 5.82 Å². The number of aryl methyl sites for hydroxylation is 2. The molecule has 1 aliphatic carbocycles. The minimum Gasteiger partial charge on any atom is -0.301 e. The first-order valence-electron chi connectivity index (χ1n) is 8.40. The molecule has 3 rings (SSSR count). The molecule has 2 aromatic carbocycles. The van der Waals surface area contributed by atoms with Gasteiger partial charge in [-0.1, -0.05) is 18.2 Å². The Labute approximate surface area is 148 Å². The highest BCUT2D eigenvalue weighted by Gasteiger charge is 2.21. The molecule has 0 spiro atoms. The minimum absolute atomic E-state index is 0.176.